The highest BCUT2D eigenvalue weighted by Gasteiger charge is 2.19. The summed E-state index contributed by atoms with van der Waals surface area (Å²) in [6, 6.07) is 17.4. The van der Waals surface area contributed by atoms with Crippen molar-refractivity contribution in [1.29, 1.82) is 0 Å². The van der Waals surface area contributed by atoms with E-state index in [-0.39, 0.29) is 17.8 Å². The monoisotopic (exact) mass is 349 g/mol. The van der Waals surface area contributed by atoms with E-state index in [0.717, 1.165) is 16.9 Å². The molecule has 3 aromatic rings. The molecule has 0 saturated carbocycles. The average molecular weight is 349 g/mol. The van der Waals surface area contributed by atoms with Crippen molar-refractivity contribution >= 4 is 5.97 Å². The maximum atomic E-state index is 12.3. The Morgan fingerprint density at radius 2 is 1.73 bits per heavy atom. The molecular weight excluding hydrogens is 326 g/mol. The summed E-state index contributed by atoms with van der Waals surface area (Å²) in [5.74, 6) is 1.63. The zero-order chi connectivity index (χ0) is 18.6. The van der Waals surface area contributed by atoms with Gasteiger partial charge in [0.2, 0.25) is 0 Å². The number of rotatable bonds is 5. The van der Waals surface area contributed by atoms with Crippen LogP contribution in [-0.4, -0.2) is 11.0 Å². The highest BCUT2D eigenvalue weighted by molar-refractivity contribution is 5.78. The van der Waals surface area contributed by atoms with Gasteiger partial charge in [0, 0.05) is 17.4 Å². The average Bonchev–Trinajstić information content (AvgIpc) is 3.11. The zero-order valence-corrected chi connectivity index (χ0v) is 15.4. The summed E-state index contributed by atoms with van der Waals surface area (Å²) in [7, 11) is 0. The van der Waals surface area contributed by atoms with E-state index in [0.29, 0.717) is 18.1 Å². The van der Waals surface area contributed by atoms with Gasteiger partial charge in [0.15, 0.2) is 5.89 Å². The molecule has 0 N–H and O–H groups in total. The summed E-state index contributed by atoms with van der Waals surface area (Å²) in [5.41, 5.74) is 1.81. The van der Waals surface area contributed by atoms with Gasteiger partial charge in [-0.05, 0) is 11.6 Å². The second-order valence-electron chi connectivity index (χ2n) is 7.20. The lowest BCUT2D eigenvalue weighted by Crippen LogP contribution is -2.10. The van der Waals surface area contributed by atoms with Crippen molar-refractivity contribution in [1.82, 2.24) is 4.98 Å². The minimum Gasteiger partial charge on any atom is -0.445 e. The Hall–Kier alpha value is -2.88. The van der Waals surface area contributed by atoms with Crippen LogP contribution in [0.3, 0.4) is 0 Å². The van der Waals surface area contributed by atoms with E-state index in [2.05, 4.69) is 25.8 Å². The number of oxazole rings is 1. The predicted molar refractivity (Wildman–Crippen MR) is 101 cm³/mol. The molecule has 0 unspecified atom stereocenters. The smallest absolute Gasteiger partial charge is 0.311 e. The van der Waals surface area contributed by atoms with Crippen LogP contribution in [0.4, 0.5) is 0 Å². The van der Waals surface area contributed by atoms with Crippen LogP contribution >= 0.6 is 0 Å². The van der Waals surface area contributed by atoms with E-state index in [1.54, 1.807) is 6.20 Å². The largest absolute Gasteiger partial charge is 0.445 e. The number of hydrogen-bond donors (Lipinski definition) is 0. The van der Waals surface area contributed by atoms with Gasteiger partial charge in [-0.3, -0.25) is 4.79 Å². The van der Waals surface area contributed by atoms with Crippen LogP contribution in [-0.2, 0) is 16.6 Å². The van der Waals surface area contributed by atoms with Crippen molar-refractivity contribution in [2.45, 2.75) is 39.0 Å². The normalized spacial score (nSPS) is 11.3. The number of hydrogen-bond acceptors (Lipinski definition) is 4. The predicted octanol–water partition coefficient (Wildman–Crippen LogP) is 5.18. The second-order valence-corrected chi connectivity index (χ2v) is 7.20. The Morgan fingerprint density at radius 1 is 1.04 bits per heavy atom. The Kier molecular flexibility index (Phi) is 5.21. The summed E-state index contributed by atoms with van der Waals surface area (Å²) in [4.78, 5) is 16.5. The van der Waals surface area contributed by atoms with Gasteiger partial charge in [0.05, 0.1) is 12.6 Å². The summed E-state index contributed by atoms with van der Waals surface area (Å²) < 4.78 is 11.3. The van der Waals surface area contributed by atoms with E-state index in [1.165, 1.54) is 0 Å². The summed E-state index contributed by atoms with van der Waals surface area (Å²) in [5, 5.41) is 0. The van der Waals surface area contributed by atoms with Gasteiger partial charge in [-0.1, -0.05) is 69.3 Å². The third-order valence-corrected chi connectivity index (χ3v) is 4.03. The molecule has 2 aromatic carbocycles. The maximum Gasteiger partial charge on any atom is 0.311 e. The molecule has 4 heteroatoms. The quantitative estimate of drug-likeness (QED) is 0.470. The highest BCUT2D eigenvalue weighted by atomic mass is 16.5. The number of nitrogens with zero attached hydrogens (tertiary/aromatic N) is 1. The van der Waals surface area contributed by atoms with Crippen LogP contribution in [0, 0.1) is 0 Å². The van der Waals surface area contributed by atoms with Gasteiger partial charge in [0.1, 0.15) is 11.5 Å². The number of benzene rings is 2. The van der Waals surface area contributed by atoms with Crippen molar-refractivity contribution in [3.05, 3.63) is 72.4 Å². The summed E-state index contributed by atoms with van der Waals surface area (Å²) >= 11 is 0. The van der Waals surface area contributed by atoms with Crippen molar-refractivity contribution in [2.24, 2.45) is 0 Å². The molecule has 0 amide bonds. The molecule has 0 fully saturated rings. The molecule has 0 spiro atoms. The molecule has 0 aliphatic carbocycles. The molecule has 0 atom stereocenters. The molecule has 0 aliphatic rings. The van der Waals surface area contributed by atoms with Gasteiger partial charge < -0.3 is 9.15 Å². The molecule has 0 aliphatic heterocycles. The van der Waals surface area contributed by atoms with Crippen molar-refractivity contribution in [3.8, 4) is 16.9 Å². The molecule has 0 radical (unpaired) electrons. The van der Waals surface area contributed by atoms with E-state index < -0.39 is 0 Å². The van der Waals surface area contributed by atoms with Crippen molar-refractivity contribution in [3.63, 3.8) is 0 Å². The zero-order valence-electron chi connectivity index (χ0n) is 15.4. The van der Waals surface area contributed by atoms with Gasteiger partial charge in [-0.25, -0.2) is 4.98 Å². The Balaban J connectivity index is 1.65. The number of ether oxygens (including phenoxy) is 1. The number of aromatic nitrogens is 1. The van der Waals surface area contributed by atoms with Gasteiger partial charge >= 0.3 is 5.97 Å². The number of carbonyl (C=O) groups excluding carboxylic acids is 1. The van der Waals surface area contributed by atoms with E-state index in [1.807, 2.05) is 54.6 Å². The molecule has 0 bridgehead atoms. The standard InChI is InChI=1S/C22H23NO3/c1-22(2,3)19-15-23-20(26-19)13-14-21(24)25-18-12-8-7-11-17(18)16-9-5-4-6-10-16/h4-12,15H,13-14H2,1-3H3. The molecule has 1 heterocycles. The molecule has 134 valence electrons. The Labute approximate surface area is 153 Å². The molecular formula is C22H23NO3. The SMILES string of the molecule is CC(C)(C)c1cnc(CCC(=O)Oc2ccccc2-c2ccccc2)o1. The van der Waals surface area contributed by atoms with E-state index in [9.17, 15) is 4.79 Å². The second kappa shape index (κ2) is 7.56. The number of esters is 1. The fourth-order valence-corrected chi connectivity index (χ4v) is 2.57. The maximum absolute atomic E-state index is 12.3. The van der Waals surface area contributed by atoms with E-state index in [4.69, 9.17) is 9.15 Å². The third kappa shape index (κ3) is 4.39. The molecule has 26 heavy (non-hydrogen) atoms. The topological polar surface area (TPSA) is 52.3 Å². The van der Waals surface area contributed by atoms with Gasteiger partial charge in [-0.15, -0.1) is 0 Å². The van der Waals surface area contributed by atoms with E-state index >= 15 is 0 Å². The minimum atomic E-state index is -0.302. The summed E-state index contributed by atoms with van der Waals surface area (Å²) in [6.07, 6.45) is 2.36. The summed E-state index contributed by atoms with van der Waals surface area (Å²) in [6.45, 7) is 6.18. The minimum absolute atomic E-state index is 0.0968. The van der Waals surface area contributed by atoms with Gasteiger partial charge in [0.25, 0.3) is 0 Å². The number of aryl methyl sites for hydroxylation is 1. The first-order valence-corrected chi connectivity index (χ1v) is 8.74. The van der Waals surface area contributed by atoms with Crippen LogP contribution in [0.25, 0.3) is 11.1 Å². The Bertz CT molecular complexity index is 876. The first kappa shape index (κ1) is 17.9. The lowest BCUT2D eigenvalue weighted by atomic mass is 9.94. The fourth-order valence-electron chi connectivity index (χ4n) is 2.57. The van der Waals surface area contributed by atoms with Crippen LogP contribution in [0.2, 0.25) is 0 Å². The number of carbonyl (C=O) groups is 1. The first-order valence-electron chi connectivity index (χ1n) is 8.74. The van der Waals surface area contributed by atoms with Crippen LogP contribution in [0.5, 0.6) is 5.75 Å². The third-order valence-electron chi connectivity index (χ3n) is 4.03. The lowest BCUT2D eigenvalue weighted by molar-refractivity contribution is -0.134. The first-order chi connectivity index (χ1) is 12.4. The number of para-hydroxylation sites is 1. The Morgan fingerprint density at radius 3 is 2.42 bits per heavy atom. The van der Waals surface area contributed by atoms with Crippen molar-refractivity contribution in [2.75, 3.05) is 0 Å². The highest BCUT2D eigenvalue weighted by Crippen LogP contribution is 2.30. The lowest BCUT2D eigenvalue weighted by Gasteiger charge is -2.13. The van der Waals surface area contributed by atoms with Gasteiger partial charge in [-0.2, -0.15) is 0 Å². The van der Waals surface area contributed by atoms with Crippen molar-refractivity contribution < 1.29 is 13.9 Å². The van der Waals surface area contributed by atoms with Crippen LogP contribution in [0.15, 0.2) is 65.2 Å². The molecule has 4 nitrogen and oxygen atoms in total. The van der Waals surface area contributed by atoms with Crippen LogP contribution in [0.1, 0.15) is 38.8 Å². The van der Waals surface area contributed by atoms with Crippen LogP contribution < -0.4 is 4.74 Å². The molecule has 0 saturated heterocycles. The molecule has 1 aromatic heterocycles. The molecule has 3 rings (SSSR count). The fraction of sp³-hybridized carbons (Fsp3) is 0.273.